The molecule has 1 aromatic carbocycles. The summed E-state index contributed by atoms with van der Waals surface area (Å²) in [6, 6.07) is 6.13. The fourth-order valence-corrected chi connectivity index (χ4v) is 2.63. The van der Waals surface area contributed by atoms with Crippen molar-refractivity contribution < 1.29 is 9.47 Å². The molecule has 0 N–H and O–H groups in total. The maximum Gasteiger partial charge on any atom is 0.165 e. The Bertz CT molecular complexity index is 580. The third-order valence-electron chi connectivity index (χ3n) is 3.99. The van der Waals surface area contributed by atoms with E-state index in [4.69, 9.17) is 9.47 Å². The van der Waals surface area contributed by atoms with E-state index in [9.17, 15) is 0 Å². The number of hydrogen-bond donors (Lipinski definition) is 0. The molecule has 1 aromatic heterocycles. The minimum atomic E-state index is 0.672. The van der Waals surface area contributed by atoms with Crippen molar-refractivity contribution in [3.8, 4) is 11.5 Å². The first-order valence-electron chi connectivity index (χ1n) is 7.83. The summed E-state index contributed by atoms with van der Waals surface area (Å²) in [5.74, 6) is 1.71. The fourth-order valence-electron chi connectivity index (χ4n) is 2.63. The maximum atomic E-state index is 6.04. The molecule has 1 saturated heterocycles. The van der Waals surface area contributed by atoms with E-state index in [1.807, 2.05) is 24.7 Å². The summed E-state index contributed by atoms with van der Waals surface area (Å²) in [4.78, 5) is 6.47. The molecule has 0 atom stereocenters. The van der Waals surface area contributed by atoms with Crippen LogP contribution in [0.1, 0.15) is 18.4 Å². The molecule has 0 amide bonds. The number of hydrogen-bond acceptors (Lipinski definition) is 4. The number of rotatable bonds is 8. The average molecular weight is 301 g/mol. The Labute approximate surface area is 131 Å². The standard InChI is InChI=1S/C17H23N3O2/c1-21-16-6-2-5-15(13-19-8-3-9-19)17(16)22-12-4-10-20-11-7-18-14-20/h2,5-7,11,14H,3-4,8-10,12-13H2,1H3. The Morgan fingerprint density at radius 2 is 2.18 bits per heavy atom. The molecule has 2 heterocycles. The number of aryl methyl sites for hydroxylation is 1. The van der Waals surface area contributed by atoms with Gasteiger partial charge < -0.3 is 14.0 Å². The van der Waals surface area contributed by atoms with E-state index in [-0.39, 0.29) is 0 Å². The first kappa shape index (κ1) is 14.9. The molecular weight excluding hydrogens is 278 g/mol. The second-order valence-corrected chi connectivity index (χ2v) is 5.58. The van der Waals surface area contributed by atoms with Crippen LogP contribution in [-0.2, 0) is 13.1 Å². The number of aromatic nitrogens is 2. The summed E-state index contributed by atoms with van der Waals surface area (Å²) < 4.78 is 13.6. The van der Waals surface area contributed by atoms with Crippen molar-refractivity contribution in [2.24, 2.45) is 0 Å². The molecule has 0 aliphatic carbocycles. The van der Waals surface area contributed by atoms with Gasteiger partial charge in [0.1, 0.15) is 0 Å². The highest BCUT2D eigenvalue weighted by atomic mass is 16.5. The van der Waals surface area contributed by atoms with Crippen molar-refractivity contribution in [2.75, 3.05) is 26.8 Å². The Balaban J connectivity index is 1.59. The molecule has 5 nitrogen and oxygen atoms in total. The van der Waals surface area contributed by atoms with Crippen LogP contribution in [0.3, 0.4) is 0 Å². The summed E-state index contributed by atoms with van der Waals surface area (Å²) in [5, 5.41) is 0. The van der Waals surface area contributed by atoms with E-state index in [1.54, 1.807) is 13.3 Å². The SMILES string of the molecule is COc1cccc(CN2CCC2)c1OCCCn1ccnc1. The molecule has 22 heavy (non-hydrogen) atoms. The highest BCUT2D eigenvalue weighted by Gasteiger charge is 2.18. The van der Waals surface area contributed by atoms with Crippen molar-refractivity contribution in [1.82, 2.24) is 14.5 Å². The zero-order chi connectivity index (χ0) is 15.2. The summed E-state index contributed by atoms with van der Waals surface area (Å²) in [5.41, 5.74) is 1.21. The van der Waals surface area contributed by atoms with Gasteiger partial charge in [-0.3, -0.25) is 4.90 Å². The van der Waals surface area contributed by atoms with E-state index >= 15 is 0 Å². The number of likely N-dealkylation sites (tertiary alicyclic amines) is 1. The molecule has 0 saturated carbocycles. The number of ether oxygens (including phenoxy) is 2. The molecule has 0 spiro atoms. The van der Waals surface area contributed by atoms with Crippen LogP contribution in [0.5, 0.6) is 11.5 Å². The predicted octanol–water partition coefficient (Wildman–Crippen LogP) is 2.57. The predicted molar refractivity (Wildman–Crippen MR) is 85.2 cm³/mol. The zero-order valence-corrected chi connectivity index (χ0v) is 13.1. The maximum absolute atomic E-state index is 6.04. The minimum Gasteiger partial charge on any atom is -0.493 e. The lowest BCUT2D eigenvalue weighted by Gasteiger charge is -2.31. The summed E-state index contributed by atoms with van der Waals surface area (Å²) in [6.45, 7) is 4.88. The fraction of sp³-hybridized carbons (Fsp3) is 0.471. The summed E-state index contributed by atoms with van der Waals surface area (Å²) >= 11 is 0. The third-order valence-corrected chi connectivity index (χ3v) is 3.99. The van der Waals surface area contributed by atoms with Gasteiger partial charge in [-0.1, -0.05) is 12.1 Å². The topological polar surface area (TPSA) is 39.5 Å². The number of benzene rings is 1. The van der Waals surface area contributed by atoms with Gasteiger partial charge in [0.05, 0.1) is 20.0 Å². The van der Waals surface area contributed by atoms with Gasteiger partial charge in [-0.2, -0.15) is 0 Å². The van der Waals surface area contributed by atoms with Gasteiger partial charge in [-0.05, 0) is 32.0 Å². The van der Waals surface area contributed by atoms with Gasteiger partial charge in [0, 0.05) is 31.0 Å². The van der Waals surface area contributed by atoms with Crippen LogP contribution in [0.25, 0.3) is 0 Å². The normalized spacial score (nSPS) is 14.6. The molecule has 3 rings (SSSR count). The quantitative estimate of drug-likeness (QED) is 0.703. The van der Waals surface area contributed by atoms with Crippen LogP contribution < -0.4 is 9.47 Å². The van der Waals surface area contributed by atoms with E-state index < -0.39 is 0 Å². The van der Waals surface area contributed by atoms with Gasteiger partial charge in [-0.15, -0.1) is 0 Å². The number of nitrogens with zero attached hydrogens (tertiary/aromatic N) is 3. The molecule has 1 fully saturated rings. The lowest BCUT2D eigenvalue weighted by atomic mass is 10.1. The van der Waals surface area contributed by atoms with Crippen molar-refractivity contribution >= 4 is 0 Å². The summed E-state index contributed by atoms with van der Waals surface area (Å²) in [6.07, 6.45) is 7.84. The van der Waals surface area contributed by atoms with E-state index in [2.05, 4.69) is 20.5 Å². The molecule has 1 aliphatic rings. The first-order valence-corrected chi connectivity index (χ1v) is 7.83. The van der Waals surface area contributed by atoms with Gasteiger partial charge in [0.2, 0.25) is 0 Å². The van der Waals surface area contributed by atoms with Gasteiger partial charge in [0.25, 0.3) is 0 Å². The van der Waals surface area contributed by atoms with Crippen molar-refractivity contribution in [2.45, 2.75) is 25.9 Å². The Kier molecular flexibility index (Phi) is 4.96. The van der Waals surface area contributed by atoms with Crippen LogP contribution in [0.4, 0.5) is 0 Å². The van der Waals surface area contributed by atoms with Crippen molar-refractivity contribution in [3.05, 3.63) is 42.5 Å². The Hall–Kier alpha value is -2.01. The van der Waals surface area contributed by atoms with Crippen molar-refractivity contribution in [3.63, 3.8) is 0 Å². The molecule has 0 bridgehead atoms. The van der Waals surface area contributed by atoms with Crippen LogP contribution in [-0.4, -0.2) is 41.3 Å². The molecule has 1 aliphatic heterocycles. The Morgan fingerprint density at radius 3 is 2.86 bits per heavy atom. The van der Waals surface area contributed by atoms with Crippen LogP contribution in [0, 0.1) is 0 Å². The monoisotopic (exact) mass is 301 g/mol. The van der Waals surface area contributed by atoms with Gasteiger partial charge in [0.15, 0.2) is 11.5 Å². The Morgan fingerprint density at radius 1 is 1.27 bits per heavy atom. The van der Waals surface area contributed by atoms with Crippen LogP contribution in [0.15, 0.2) is 36.9 Å². The van der Waals surface area contributed by atoms with Crippen LogP contribution >= 0.6 is 0 Å². The highest BCUT2D eigenvalue weighted by molar-refractivity contribution is 5.46. The smallest absolute Gasteiger partial charge is 0.165 e. The molecule has 0 radical (unpaired) electrons. The number of methoxy groups -OCH3 is 1. The lowest BCUT2D eigenvalue weighted by molar-refractivity contribution is 0.168. The second kappa shape index (κ2) is 7.31. The molecule has 118 valence electrons. The van der Waals surface area contributed by atoms with Gasteiger partial charge in [-0.25, -0.2) is 4.98 Å². The third kappa shape index (κ3) is 3.60. The number of para-hydroxylation sites is 1. The minimum absolute atomic E-state index is 0.672. The van der Waals surface area contributed by atoms with E-state index in [0.29, 0.717) is 6.61 Å². The zero-order valence-electron chi connectivity index (χ0n) is 13.1. The molecule has 2 aromatic rings. The number of imidazole rings is 1. The van der Waals surface area contributed by atoms with Crippen LogP contribution in [0.2, 0.25) is 0 Å². The van der Waals surface area contributed by atoms with Crippen molar-refractivity contribution in [1.29, 1.82) is 0 Å². The molecule has 0 unspecified atom stereocenters. The molecular formula is C17H23N3O2. The second-order valence-electron chi connectivity index (χ2n) is 5.58. The van der Waals surface area contributed by atoms with Gasteiger partial charge >= 0.3 is 0 Å². The summed E-state index contributed by atoms with van der Waals surface area (Å²) in [7, 11) is 1.70. The molecule has 5 heteroatoms. The lowest BCUT2D eigenvalue weighted by Crippen LogP contribution is -2.36. The first-order chi connectivity index (χ1) is 10.9. The van der Waals surface area contributed by atoms with E-state index in [0.717, 1.165) is 31.0 Å². The average Bonchev–Trinajstić information content (AvgIpc) is 3.01. The highest BCUT2D eigenvalue weighted by Crippen LogP contribution is 2.32. The largest absolute Gasteiger partial charge is 0.493 e. The van der Waals surface area contributed by atoms with E-state index in [1.165, 1.54) is 25.1 Å².